The van der Waals surface area contributed by atoms with Crippen LogP contribution in [-0.4, -0.2) is 23.8 Å². The van der Waals surface area contributed by atoms with Crippen molar-refractivity contribution in [2.24, 2.45) is 0 Å². The van der Waals surface area contributed by atoms with Crippen molar-refractivity contribution < 1.29 is 9.76 Å². The van der Waals surface area contributed by atoms with E-state index in [1.165, 1.54) is 32.7 Å². The summed E-state index contributed by atoms with van der Waals surface area (Å²) in [6, 6.07) is 32.1. The van der Waals surface area contributed by atoms with Crippen LogP contribution in [0.25, 0.3) is 11.1 Å². The van der Waals surface area contributed by atoms with Gasteiger partial charge in [-0.15, -0.1) is 0 Å². The molecule has 1 heterocycles. The van der Waals surface area contributed by atoms with Crippen LogP contribution >= 0.6 is 11.8 Å². The van der Waals surface area contributed by atoms with E-state index < -0.39 is 16.6 Å². The summed E-state index contributed by atoms with van der Waals surface area (Å²) in [4.78, 5) is 2.38. The Balaban J connectivity index is 1.62. The number of fused-ring (bicyclic) bond motifs is 9. The number of hydrogen-bond acceptors (Lipinski definition) is 4. The minimum Gasteiger partial charge on any atom is -0.427 e. The van der Waals surface area contributed by atoms with Gasteiger partial charge in [0.25, 0.3) is 0 Å². The summed E-state index contributed by atoms with van der Waals surface area (Å²) < 4.78 is 6.15. The Kier molecular flexibility index (Phi) is 5.44. The van der Waals surface area contributed by atoms with Crippen molar-refractivity contribution in [3.8, 4) is 17.2 Å². The van der Waals surface area contributed by atoms with Gasteiger partial charge in [-0.1, -0.05) is 77.9 Å². The molecule has 0 amide bonds. The van der Waals surface area contributed by atoms with Crippen LogP contribution in [0, 0.1) is 11.3 Å². The topological polar surface area (TPSA) is 53.2 Å². The first-order chi connectivity index (χ1) is 17.7. The molecular formula is C32H27BNO2S. The first kappa shape index (κ1) is 24.1. The van der Waals surface area contributed by atoms with Crippen LogP contribution in [-0.2, 0) is 10.1 Å². The quantitative estimate of drug-likeness (QED) is 0.293. The summed E-state index contributed by atoms with van der Waals surface area (Å²) in [6.07, 6.45) is 0. The van der Waals surface area contributed by atoms with E-state index in [2.05, 4.69) is 84.9 Å². The van der Waals surface area contributed by atoms with Crippen LogP contribution in [0.3, 0.4) is 0 Å². The third-order valence-electron chi connectivity index (χ3n) is 8.06. The SMILES string of the molecule is CC(C)(O)C(C)(C)O[B]c1ccc2c(c1)C1(c3ccccc3Sc3ccc(C#N)cc31)c1ccccc1-2. The summed E-state index contributed by atoms with van der Waals surface area (Å²) in [5, 5.41) is 20.4. The molecule has 1 atom stereocenters. The van der Waals surface area contributed by atoms with Gasteiger partial charge in [0.15, 0.2) is 0 Å². The second kappa shape index (κ2) is 8.36. The largest absolute Gasteiger partial charge is 0.427 e. The summed E-state index contributed by atoms with van der Waals surface area (Å²) in [5.41, 5.74) is 6.41. The molecule has 0 aromatic heterocycles. The Bertz CT molecular complexity index is 1600. The number of nitriles is 1. The van der Waals surface area contributed by atoms with E-state index >= 15 is 0 Å². The molecule has 3 nitrogen and oxygen atoms in total. The number of benzene rings is 4. The van der Waals surface area contributed by atoms with Crippen LogP contribution < -0.4 is 5.46 Å². The first-order valence-electron chi connectivity index (χ1n) is 12.5. The van der Waals surface area contributed by atoms with Crippen molar-refractivity contribution in [3.63, 3.8) is 0 Å². The molecule has 37 heavy (non-hydrogen) atoms. The molecule has 1 N–H and O–H groups in total. The van der Waals surface area contributed by atoms with Gasteiger partial charge in [0, 0.05) is 9.79 Å². The van der Waals surface area contributed by atoms with Crippen LogP contribution in [0.5, 0.6) is 0 Å². The predicted octanol–water partition coefficient (Wildman–Crippen LogP) is 6.20. The van der Waals surface area contributed by atoms with Gasteiger partial charge >= 0.3 is 7.48 Å². The average molecular weight is 500 g/mol. The average Bonchev–Trinajstić information content (AvgIpc) is 3.17. The van der Waals surface area contributed by atoms with Crippen molar-refractivity contribution in [1.29, 1.82) is 5.26 Å². The van der Waals surface area contributed by atoms with Crippen molar-refractivity contribution in [2.45, 2.75) is 54.1 Å². The van der Waals surface area contributed by atoms with Crippen molar-refractivity contribution in [3.05, 3.63) is 113 Å². The maximum atomic E-state index is 10.6. The molecule has 2 aliphatic rings. The fourth-order valence-electron chi connectivity index (χ4n) is 5.42. The second-order valence-corrected chi connectivity index (χ2v) is 11.9. The molecule has 0 saturated carbocycles. The van der Waals surface area contributed by atoms with Crippen LogP contribution in [0.15, 0.2) is 94.7 Å². The highest BCUT2D eigenvalue weighted by atomic mass is 32.2. The number of hydrogen-bond donors (Lipinski definition) is 1. The molecule has 1 aliphatic carbocycles. The van der Waals surface area contributed by atoms with E-state index in [1.807, 2.05) is 19.9 Å². The van der Waals surface area contributed by atoms with Gasteiger partial charge in [-0.05, 0) is 85.3 Å². The molecule has 1 radical (unpaired) electrons. The molecule has 5 heteroatoms. The Morgan fingerprint density at radius 3 is 2.22 bits per heavy atom. The molecule has 1 unspecified atom stereocenters. The summed E-state index contributed by atoms with van der Waals surface area (Å²) >= 11 is 1.76. The monoisotopic (exact) mass is 500 g/mol. The minimum absolute atomic E-state index is 0.550. The molecule has 181 valence electrons. The Labute approximate surface area is 223 Å². The lowest BCUT2D eigenvalue weighted by atomic mass is 9.66. The predicted molar refractivity (Wildman–Crippen MR) is 149 cm³/mol. The van der Waals surface area contributed by atoms with E-state index in [0.29, 0.717) is 5.56 Å². The molecule has 0 saturated heterocycles. The molecular weight excluding hydrogens is 473 g/mol. The third-order valence-corrected chi connectivity index (χ3v) is 9.21. The molecule has 6 rings (SSSR count). The fraction of sp³-hybridized carbons (Fsp3) is 0.219. The standard InChI is InChI=1S/C32H27BNO2S/c1-30(2,35)31(3,4)36-33-21-14-15-23-22-9-5-6-10-24(22)32(26(23)18-21)25-11-7-8-12-28(25)37-29-16-13-20(19-34)17-27(29)32/h5-18,35H,1-4H3. The third kappa shape index (κ3) is 3.51. The van der Waals surface area contributed by atoms with Gasteiger partial charge in [0.1, 0.15) is 0 Å². The van der Waals surface area contributed by atoms with Crippen LogP contribution in [0.1, 0.15) is 55.5 Å². The highest BCUT2D eigenvalue weighted by Gasteiger charge is 2.50. The summed E-state index contributed by atoms with van der Waals surface area (Å²) in [5.74, 6) is 0. The number of rotatable bonds is 4. The normalized spacial score (nSPS) is 17.4. The minimum atomic E-state index is -1.01. The van der Waals surface area contributed by atoms with Crippen molar-refractivity contribution in [1.82, 2.24) is 0 Å². The van der Waals surface area contributed by atoms with E-state index in [-0.39, 0.29) is 0 Å². The Hall–Kier alpha value is -3.30. The lowest BCUT2D eigenvalue weighted by Gasteiger charge is -2.40. The van der Waals surface area contributed by atoms with Gasteiger partial charge in [-0.25, -0.2) is 0 Å². The van der Waals surface area contributed by atoms with Gasteiger partial charge in [0.05, 0.1) is 28.2 Å². The molecule has 0 fully saturated rings. The zero-order valence-corrected chi connectivity index (χ0v) is 22.2. The zero-order valence-electron chi connectivity index (χ0n) is 21.4. The van der Waals surface area contributed by atoms with Gasteiger partial charge < -0.3 is 9.76 Å². The molecule has 1 aliphatic heterocycles. The smallest absolute Gasteiger partial charge is 0.330 e. The Morgan fingerprint density at radius 1 is 0.784 bits per heavy atom. The number of aliphatic hydroxyl groups is 1. The van der Waals surface area contributed by atoms with E-state index in [9.17, 15) is 10.4 Å². The molecule has 0 bridgehead atoms. The lowest BCUT2D eigenvalue weighted by Crippen LogP contribution is -2.49. The Morgan fingerprint density at radius 2 is 1.46 bits per heavy atom. The highest BCUT2D eigenvalue weighted by molar-refractivity contribution is 7.99. The summed E-state index contributed by atoms with van der Waals surface area (Å²) in [6.45, 7) is 7.30. The second-order valence-electron chi connectivity index (χ2n) is 10.8. The van der Waals surface area contributed by atoms with Gasteiger partial charge in [-0.3, -0.25) is 0 Å². The van der Waals surface area contributed by atoms with E-state index in [1.54, 1.807) is 33.1 Å². The molecule has 4 aromatic carbocycles. The maximum absolute atomic E-state index is 10.6. The van der Waals surface area contributed by atoms with Crippen molar-refractivity contribution in [2.75, 3.05) is 0 Å². The van der Waals surface area contributed by atoms with E-state index in [0.717, 1.165) is 15.9 Å². The first-order valence-corrected chi connectivity index (χ1v) is 13.3. The van der Waals surface area contributed by atoms with Crippen LogP contribution in [0.4, 0.5) is 0 Å². The van der Waals surface area contributed by atoms with Gasteiger partial charge in [0.2, 0.25) is 0 Å². The molecule has 1 spiro atoms. The van der Waals surface area contributed by atoms with Gasteiger partial charge in [-0.2, -0.15) is 5.26 Å². The van der Waals surface area contributed by atoms with E-state index in [4.69, 9.17) is 4.65 Å². The molecule has 4 aromatic rings. The lowest BCUT2D eigenvalue weighted by molar-refractivity contribution is -0.0893. The van der Waals surface area contributed by atoms with Crippen LogP contribution in [0.2, 0.25) is 0 Å². The van der Waals surface area contributed by atoms with Crippen molar-refractivity contribution >= 4 is 24.7 Å². The number of nitrogens with zero attached hydrogens (tertiary/aromatic N) is 1. The maximum Gasteiger partial charge on any atom is 0.330 e. The fourth-order valence-corrected chi connectivity index (χ4v) is 6.59. The summed E-state index contributed by atoms with van der Waals surface area (Å²) in [7, 11) is 1.75. The zero-order chi connectivity index (χ0) is 26.0. The highest BCUT2D eigenvalue weighted by Crippen LogP contribution is 2.61.